The first-order chi connectivity index (χ1) is 9.37. The summed E-state index contributed by atoms with van der Waals surface area (Å²) >= 11 is 0. The predicted molar refractivity (Wildman–Crippen MR) is 78.0 cm³/mol. The molecule has 1 fully saturated rings. The van der Waals surface area contributed by atoms with Gasteiger partial charge < -0.3 is 13.7 Å². The largest absolute Gasteiger partial charge is 0.563 e. The van der Waals surface area contributed by atoms with E-state index in [1.165, 1.54) is 6.07 Å². The minimum absolute atomic E-state index is 0.356. The standard InChI is InChI=1S/C15H15BO4/c1-9-7-14(17)18-13-8-11(5-6-12(9)13)16-19-10(2)15(3,4)20-16/h5-8H,2H2,1,3-4H3. The Labute approximate surface area is 117 Å². The molecule has 1 saturated heterocycles. The molecule has 2 heterocycles. The van der Waals surface area contributed by atoms with E-state index in [2.05, 4.69) is 6.58 Å². The van der Waals surface area contributed by atoms with Crippen molar-refractivity contribution in [1.82, 2.24) is 0 Å². The van der Waals surface area contributed by atoms with Crippen LogP contribution in [-0.2, 0) is 9.31 Å². The molecule has 1 aliphatic heterocycles. The topological polar surface area (TPSA) is 48.7 Å². The number of hydrogen-bond donors (Lipinski definition) is 0. The maximum atomic E-state index is 11.4. The van der Waals surface area contributed by atoms with Crippen LogP contribution in [0.3, 0.4) is 0 Å². The first kappa shape index (κ1) is 13.0. The third-order valence-corrected chi connectivity index (χ3v) is 3.57. The molecule has 0 aliphatic carbocycles. The average molecular weight is 270 g/mol. The van der Waals surface area contributed by atoms with Crippen molar-refractivity contribution in [2.75, 3.05) is 0 Å². The van der Waals surface area contributed by atoms with Crippen LogP contribution in [0, 0.1) is 6.92 Å². The van der Waals surface area contributed by atoms with Gasteiger partial charge in [-0.15, -0.1) is 0 Å². The summed E-state index contributed by atoms with van der Waals surface area (Å²) in [4.78, 5) is 11.4. The van der Waals surface area contributed by atoms with Gasteiger partial charge in [-0.3, -0.25) is 0 Å². The highest BCUT2D eigenvalue weighted by atomic mass is 16.7. The third kappa shape index (κ3) is 2.04. The van der Waals surface area contributed by atoms with Crippen molar-refractivity contribution in [3.8, 4) is 0 Å². The maximum Gasteiger partial charge on any atom is 0.563 e. The Balaban J connectivity index is 2.06. The molecular formula is C15H15BO4. The van der Waals surface area contributed by atoms with Crippen LogP contribution in [0.15, 0.2) is 45.8 Å². The molecule has 0 amide bonds. The zero-order valence-electron chi connectivity index (χ0n) is 11.7. The van der Waals surface area contributed by atoms with E-state index in [4.69, 9.17) is 13.7 Å². The van der Waals surface area contributed by atoms with Gasteiger partial charge in [-0.1, -0.05) is 18.7 Å². The third-order valence-electron chi connectivity index (χ3n) is 3.57. The molecule has 0 saturated carbocycles. The molecule has 0 bridgehead atoms. The van der Waals surface area contributed by atoms with Crippen LogP contribution in [-0.4, -0.2) is 12.7 Å². The molecule has 2 aromatic rings. The Hall–Kier alpha value is -2.01. The highest BCUT2D eigenvalue weighted by Crippen LogP contribution is 2.29. The molecule has 1 aromatic carbocycles. The quantitative estimate of drug-likeness (QED) is 0.588. The van der Waals surface area contributed by atoms with Gasteiger partial charge >= 0.3 is 12.7 Å². The van der Waals surface area contributed by atoms with Crippen LogP contribution in [0.25, 0.3) is 11.0 Å². The Kier molecular flexibility index (Phi) is 2.76. The highest BCUT2D eigenvalue weighted by molar-refractivity contribution is 6.62. The van der Waals surface area contributed by atoms with Crippen LogP contribution in [0.2, 0.25) is 0 Å². The lowest BCUT2D eigenvalue weighted by atomic mass is 9.79. The van der Waals surface area contributed by atoms with Crippen molar-refractivity contribution in [2.45, 2.75) is 26.4 Å². The summed E-state index contributed by atoms with van der Waals surface area (Å²) in [7, 11) is -0.521. The first-order valence-corrected chi connectivity index (χ1v) is 6.45. The number of rotatable bonds is 1. The molecule has 0 unspecified atom stereocenters. The van der Waals surface area contributed by atoms with E-state index < -0.39 is 12.7 Å². The van der Waals surface area contributed by atoms with Crippen molar-refractivity contribution in [3.63, 3.8) is 0 Å². The van der Waals surface area contributed by atoms with Gasteiger partial charge in [0.1, 0.15) is 11.2 Å². The molecule has 5 heteroatoms. The fraction of sp³-hybridized carbons (Fsp3) is 0.267. The second-order valence-electron chi connectivity index (χ2n) is 5.51. The molecule has 1 aromatic heterocycles. The normalized spacial score (nSPS) is 17.6. The molecule has 0 spiro atoms. The predicted octanol–water partition coefficient (Wildman–Crippen LogP) is 2.14. The summed E-state index contributed by atoms with van der Waals surface area (Å²) in [5.41, 5.74) is 1.35. The summed E-state index contributed by atoms with van der Waals surface area (Å²) in [6, 6.07) is 7.08. The van der Waals surface area contributed by atoms with E-state index >= 15 is 0 Å². The van der Waals surface area contributed by atoms with E-state index in [-0.39, 0.29) is 5.63 Å². The summed E-state index contributed by atoms with van der Waals surface area (Å²) < 4.78 is 16.7. The summed E-state index contributed by atoms with van der Waals surface area (Å²) in [6.07, 6.45) is 0. The monoisotopic (exact) mass is 270 g/mol. The summed E-state index contributed by atoms with van der Waals surface area (Å²) in [5.74, 6) is 0.591. The Morgan fingerprint density at radius 1 is 1.25 bits per heavy atom. The van der Waals surface area contributed by atoms with Crippen molar-refractivity contribution in [1.29, 1.82) is 0 Å². The molecule has 102 valence electrons. The molecule has 4 nitrogen and oxygen atoms in total. The molecule has 0 radical (unpaired) electrons. The fourth-order valence-corrected chi connectivity index (χ4v) is 2.25. The van der Waals surface area contributed by atoms with Crippen LogP contribution < -0.4 is 11.1 Å². The Morgan fingerprint density at radius 3 is 2.65 bits per heavy atom. The first-order valence-electron chi connectivity index (χ1n) is 6.45. The molecule has 0 N–H and O–H groups in total. The zero-order valence-corrected chi connectivity index (χ0v) is 11.7. The van der Waals surface area contributed by atoms with E-state index in [9.17, 15) is 4.79 Å². The highest BCUT2D eigenvalue weighted by Gasteiger charge is 2.42. The number of hydrogen-bond acceptors (Lipinski definition) is 4. The van der Waals surface area contributed by atoms with Crippen LogP contribution in [0.1, 0.15) is 19.4 Å². The molecule has 0 atom stereocenters. The van der Waals surface area contributed by atoms with Gasteiger partial charge in [-0.05, 0) is 32.4 Å². The van der Waals surface area contributed by atoms with Crippen molar-refractivity contribution in [3.05, 3.63) is 52.6 Å². The Bertz CT molecular complexity index is 760. The lowest BCUT2D eigenvalue weighted by Gasteiger charge is -2.15. The van der Waals surface area contributed by atoms with Gasteiger partial charge in [0, 0.05) is 16.9 Å². The lowest BCUT2D eigenvalue weighted by molar-refractivity contribution is 0.173. The average Bonchev–Trinajstić information content (AvgIpc) is 2.63. The van der Waals surface area contributed by atoms with Gasteiger partial charge in [0.05, 0.1) is 5.76 Å². The summed E-state index contributed by atoms with van der Waals surface area (Å²) in [6.45, 7) is 9.54. The molecule has 1 aliphatic rings. The van der Waals surface area contributed by atoms with Gasteiger partial charge in [-0.25, -0.2) is 4.79 Å². The van der Waals surface area contributed by atoms with E-state index in [1.54, 1.807) is 6.07 Å². The fourth-order valence-electron chi connectivity index (χ4n) is 2.25. The van der Waals surface area contributed by atoms with E-state index in [0.29, 0.717) is 11.3 Å². The number of fused-ring (bicyclic) bond motifs is 1. The molecular weight excluding hydrogens is 255 g/mol. The van der Waals surface area contributed by atoms with Gasteiger partial charge in [0.25, 0.3) is 0 Å². The second kappa shape index (κ2) is 4.25. The molecule has 3 rings (SSSR count). The van der Waals surface area contributed by atoms with Gasteiger partial charge in [0.15, 0.2) is 0 Å². The van der Waals surface area contributed by atoms with Crippen LogP contribution in [0.4, 0.5) is 0 Å². The van der Waals surface area contributed by atoms with Crippen LogP contribution >= 0.6 is 0 Å². The van der Waals surface area contributed by atoms with Crippen molar-refractivity contribution in [2.24, 2.45) is 0 Å². The Morgan fingerprint density at radius 2 is 2.00 bits per heavy atom. The zero-order chi connectivity index (χ0) is 14.5. The lowest BCUT2D eigenvalue weighted by Crippen LogP contribution is -2.34. The summed E-state index contributed by atoms with van der Waals surface area (Å²) in [5, 5.41) is 0.907. The maximum absolute atomic E-state index is 11.4. The van der Waals surface area contributed by atoms with E-state index in [0.717, 1.165) is 16.4 Å². The van der Waals surface area contributed by atoms with Crippen molar-refractivity contribution < 1.29 is 13.7 Å². The van der Waals surface area contributed by atoms with E-state index in [1.807, 2.05) is 32.9 Å². The number of benzene rings is 1. The number of aryl methyl sites for hydroxylation is 1. The SMILES string of the molecule is C=C1OB(c2ccc3c(C)cc(=O)oc3c2)OC1(C)C. The van der Waals surface area contributed by atoms with Gasteiger partial charge in [-0.2, -0.15) is 0 Å². The smallest absolute Gasteiger partial charge is 0.534 e. The minimum Gasteiger partial charge on any atom is -0.534 e. The molecule has 20 heavy (non-hydrogen) atoms. The minimum atomic E-state index is -0.521. The van der Waals surface area contributed by atoms with Crippen molar-refractivity contribution >= 4 is 23.6 Å². The van der Waals surface area contributed by atoms with Gasteiger partial charge in [0.2, 0.25) is 0 Å². The second-order valence-corrected chi connectivity index (χ2v) is 5.51. The van der Waals surface area contributed by atoms with Crippen LogP contribution in [0.5, 0.6) is 0 Å².